The van der Waals surface area contributed by atoms with E-state index in [1.807, 2.05) is 25.3 Å². The Morgan fingerprint density at radius 3 is 2.88 bits per heavy atom. The van der Waals surface area contributed by atoms with Gasteiger partial charge in [0.2, 0.25) is 0 Å². The fraction of sp³-hybridized carbons (Fsp3) is 0.667. The van der Waals surface area contributed by atoms with E-state index < -0.39 is 5.60 Å². The number of hydrogen-bond donors (Lipinski definition) is 2. The van der Waals surface area contributed by atoms with Gasteiger partial charge < -0.3 is 15.6 Å². The lowest BCUT2D eigenvalue weighted by molar-refractivity contribution is -0.0723. The Morgan fingerprint density at radius 2 is 2.44 bits per heavy atom. The molecule has 90 valence electrons. The molecule has 2 unspecified atom stereocenters. The topological polar surface area (TPSA) is 55.5 Å². The Balaban J connectivity index is 2.40. The van der Waals surface area contributed by atoms with E-state index in [0.717, 1.165) is 16.9 Å². The molecule has 16 heavy (non-hydrogen) atoms. The molecule has 4 heteroatoms. The first-order valence-electron chi connectivity index (χ1n) is 5.58. The average Bonchev–Trinajstić information content (AvgIpc) is 2.86. The van der Waals surface area contributed by atoms with Gasteiger partial charge in [-0.15, -0.1) is 11.3 Å². The van der Waals surface area contributed by atoms with Crippen LogP contribution in [0.5, 0.6) is 0 Å². The summed E-state index contributed by atoms with van der Waals surface area (Å²) in [4.78, 5) is 1.02. The highest BCUT2D eigenvalue weighted by Gasteiger charge is 2.50. The summed E-state index contributed by atoms with van der Waals surface area (Å²) in [7, 11) is 0. The number of hydrogen-bond acceptors (Lipinski definition) is 4. The molecule has 0 spiro atoms. The van der Waals surface area contributed by atoms with Crippen molar-refractivity contribution in [1.29, 1.82) is 0 Å². The third-order valence-electron chi connectivity index (χ3n) is 3.83. The molecule has 0 aliphatic carbocycles. The SMILES string of the molecule is Cc1ccsc1C(C)(O)C1(CN)CCOC1. The summed E-state index contributed by atoms with van der Waals surface area (Å²) in [6, 6.07) is 2.04. The van der Waals surface area contributed by atoms with Crippen molar-refractivity contribution in [1.82, 2.24) is 0 Å². The third-order valence-corrected chi connectivity index (χ3v) is 5.06. The zero-order valence-electron chi connectivity index (χ0n) is 9.82. The maximum atomic E-state index is 10.9. The van der Waals surface area contributed by atoms with Crippen molar-refractivity contribution in [3.8, 4) is 0 Å². The molecule has 1 aromatic rings. The lowest BCUT2D eigenvalue weighted by Gasteiger charge is -2.40. The maximum absolute atomic E-state index is 10.9. The Labute approximate surface area is 100 Å². The van der Waals surface area contributed by atoms with Crippen molar-refractivity contribution in [3.05, 3.63) is 21.9 Å². The van der Waals surface area contributed by atoms with E-state index in [-0.39, 0.29) is 5.41 Å². The summed E-state index contributed by atoms with van der Waals surface area (Å²) >= 11 is 1.60. The van der Waals surface area contributed by atoms with Crippen LogP contribution < -0.4 is 5.73 Å². The molecular weight excluding hydrogens is 222 g/mol. The van der Waals surface area contributed by atoms with Crippen LogP contribution in [0, 0.1) is 12.3 Å². The Kier molecular flexibility index (Phi) is 3.09. The molecule has 3 N–H and O–H groups in total. The molecular formula is C12H19NO2S. The van der Waals surface area contributed by atoms with E-state index >= 15 is 0 Å². The number of rotatable bonds is 3. The standard InChI is InChI=1S/C12H19NO2S/c1-9-3-6-16-10(9)11(2,14)12(7-13)4-5-15-8-12/h3,6,14H,4-5,7-8,13H2,1-2H3. The van der Waals surface area contributed by atoms with Crippen molar-refractivity contribution in [2.75, 3.05) is 19.8 Å². The largest absolute Gasteiger partial charge is 0.384 e. The molecule has 3 nitrogen and oxygen atoms in total. The number of aliphatic hydroxyl groups is 1. The predicted molar refractivity (Wildman–Crippen MR) is 65.6 cm³/mol. The van der Waals surface area contributed by atoms with Gasteiger partial charge in [-0.3, -0.25) is 0 Å². The Hall–Kier alpha value is -0.420. The Bertz CT molecular complexity index is 367. The van der Waals surface area contributed by atoms with E-state index in [0.29, 0.717) is 19.8 Å². The van der Waals surface area contributed by atoms with E-state index in [4.69, 9.17) is 10.5 Å². The van der Waals surface area contributed by atoms with Crippen LogP contribution in [0.25, 0.3) is 0 Å². The van der Waals surface area contributed by atoms with Crippen LogP contribution in [0.1, 0.15) is 23.8 Å². The van der Waals surface area contributed by atoms with Gasteiger partial charge in [-0.2, -0.15) is 0 Å². The van der Waals surface area contributed by atoms with Crippen LogP contribution in [0.4, 0.5) is 0 Å². The first kappa shape index (κ1) is 12.0. The van der Waals surface area contributed by atoms with Gasteiger partial charge in [0.1, 0.15) is 5.60 Å². The fourth-order valence-electron chi connectivity index (χ4n) is 2.46. The smallest absolute Gasteiger partial charge is 0.105 e. The van der Waals surface area contributed by atoms with Crippen molar-refractivity contribution >= 4 is 11.3 Å². The molecule has 0 aromatic carbocycles. The monoisotopic (exact) mass is 241 g/mol. The molecule has 2 heterocycles. The molecule has 1 fully saturated rings. The van der Waals surface area contributed by atoms with Crippen LogP contribution >= 0.6 is 11.3 Å². The second-order valence-corrected chi connectivity index (χ2v) is 5.71. The van der Waals surface area contributed by atoms with Crippen LogP contribution in [-0.4, -0.2) is 24.9 Å². The van der Waals surface area contributed by atoms with Crippen molar-refractivity contribution in [3.63, 3.8) is 0 Å². The highest BCUT2D eigenvalue weighted by molar-refractivity contribution is 7.10. The third kappa shape index (κ3) is 1.61. The Morgan fingerprint density at radius 1 is 1.69 bits per heavy atom. The van der Waals surface area contributed by atoms with Crippen LogP contribution in [0.15, 0.2) is 11.4 Å². The first-order valence-corrected chi connectivity index (χ1v) is 6.46. The summed E-state index contributed by atoms with van der Waals surface area (Å²) in [5.74, 6) is 0. The molecule has 2 atom stereocenters. The molecule has 0 saturated carbocycles. The fourth-order valence-corrected chi connectivity index (χ4v) is 3.57. The van der Waals surface area contributed by atoms with Crippen molar-refractivity contribution in [2.24, 2.45) is 11.1 Å². The summed E-state index contributed by atoms with van der Waals surface area (Å²) in [5.41, 5.74) is 5.79. The van der Waals surface area contributed by atoms with Crippen molar-refractivity contribution < 1.29 is 9.84 Å². The highest BCUT2D eigenvalue weighted by atomic mass is 32.1. The second-order valence-electron chi connectivity index (χ2n) is 4.79. The number of thiophene rings is 1. The maximum Gasteiger partial charge on any atom is 0.105 e. The zero-order valence-corrected chi connectivity index (χ0v) is 10.6. The molecule has 0 radical (unpaired) electrons. The minimum atomic E-state index is -0.892. The average molecular weight is 241 g/mol. The number of aryl methyl sites for hydroxylation is 1. The van der Waals surface area contributed by atoms with Gasteiger partial charge in [-0.1, -0.05) is 0 Å². The highest BCUT2D eigenvalue weighted by Crippen LogP contribution is 2.47. The van der Waals surface area contributed by atoms with E-state index in [1.165, 1.54) is 0 Å². The molecule has 1 aromatic heterocycles. The van der Waals surface area contributed by atoms with Crippen molar-refractivity contribution in [2.45, 2.75) is 25.9 Å². The van der Waals surface area contributed by atoms with Gasteiger partial charge in [0.05, 0.1) is 6.61 Å². The minimum absolute atomic E-state index is 0.331. The molecule has 0 amide bonds. The van der Waals surface area contributed by atoms with Gasteiger partial charge in [0.15, 0.2) is 0 Å². The molecule has 2 rings (SSSR count). The quantitative estimate of drug-likeness (QED) is 0.845. The molecule has 1 aliphatic heterocycles. The van der Waals surface area contributed by atoms with E-state index in [1.54, 1.807) is 11.3 Å². The van der Waals surface area contributed by atoms with Gasteiger partial charge in [-0.25, -0.2) is 0 Å². The molecule has 1 aliphatic rings. The molecule has 0 bridgehead atoms. The lowest BCUT2D eigenvalue weighted by atomic mass is 9.70. The van der Waals surface area contributed by atoms with Gasteiger partial charge >= 0.3 is 0 Å². The van der Waals surface area contributed by atoms with Gasteiger partial charge in [-0.05, 0) is 37.3 Å². The number of ether oxygens (including phenoxy) is 1. The van der Waals surface area contributed by atoms with Crippen LogP contribution in [0.2, 0.25) is 0 Å². The van der Waals surface area contributed by atoms with E-state index in [9.17, 15) is 5.11 Å². The van der Waals surface area contributed by atoms with Crippen LogP contribution in [-0.2, 0) is 10.3 Å². The van der Waals surface area contributed by atoms with Crippen LogP contribution in [0.3, 0.4) is 0 Å². The second kappa shape index (κ2) is 4.11. The van der Waals surface area contributed by atoms with E-state index in [2.05, 4.69) is 0 Å². The predicted octanol–water partition coefficient (Wildman–Crippen LogP) is 1.63. The van der Waals surface area contributed by atoms with Gasteiger partial charge in [0.25, 0.3) is 0 Å². The summed E-state index contributed by atoms with van der Waals surface area (Å²) in [6.07, 6.45) is 0.827. The number of nitrogens with two attached hydrogens (primary N) is 1. The minimum Gasteiger partial charge on any atom is -0.384 e. The lowest BCUT2D eigenvalue weighted by Crippen LogP contribution is -2.49. The first-order chi connectivity index (χ1) is 7.53. The summed E-state index contributed by atoms with van der Waals surface area (Å²) in [6.45, 7) is 5.59. The summed E-state index contributed by atoms with van der Waals surface area (Å²) in [5, 5.41) is 12.9. The normalized spacial score (nSPS) is 29.2. The van der Waals surface area contributed by atoms with Gasteiger partial charge in [0, 0.05) is 23.4 Å². The molecule has 1 saturated heterocycles. The zero-order chi connectivity index (χ0) is 11.8. The summed E-state index contributed by atoms with van der Waals surface area (Å²) < 4.78 is 5.44.